The number of hydrogen-bond donors (Lipinski definition) is 2. The van der Waals surface area contributed by atoms with Crippen LogP contribution in [0.25, 0.3) is 0 Å². The third kappa shape index (κ3) is 3.35. The number of nitro benzene ring substituents is 1. The minimum Gasteiger partial charge on any atom is -0.332 e. The SMILES string of the molecule is O=C(CN1C(=O)c2ccc([N+](=O)[O-])cc2C1=O)NC(=O)NC12CC3CC(CC(C3)C1)C2. The minimum absolute atomic E-state index is 0.00131. The molecule has 1 aromatic rings. The molecule has 0 atom stereocenters. The maximum Gasteiger partial charge on any atom is 0.321 e. The Morgan fingerprint density at radius 2 is 1.61 bits per heavy atom. The van der Waals surface area contributed by atoms with Crippen LogP contribution in [-0.4, -0.2) is 45.7 Å². The lowest BCUT2D eigenvalue weighted by molar-refractivity contribution is -0.384. The second-order valence-electron chi connectivity index (χ2n) is 9.38. The van der Waals surface area contributed by atoms with Gasteiger partial charge in [-0.3, -0.25) is 34.7 Å². The Morgan fingerprint density at radius 1 is 1.03 bits per heavy atom. The molecule has 0 aromatic heterocycles. The molecular formula is C21H22N4O6. The normalized spacial score (nSPS) is 30.3. The van der Waals surface area contributed by atoms with E-state index in [0.717, 1.165) is 31.4 Å². The summed E-state index contributed by atoms with van der Waals surface area (Å²) in [5.74, 6) is -0.405. The molecule has 31 heavy (non-hydrogen) atoms. The molecule has 10 nitrogen and oxygen atoms in total. The van der Waals surface area contributed by atoms with Crippen LogP contribution in [0.4, 0.5) is 10.5 Å². The molecule has 6 rings (SSSR count). The van der Waals surface area contributed by atoms with Crippen molar-refractivity contribution in [2.24, 2.45) is 17.8 Å². The van der Waals surface area contributed by atoms with E-state index < -0.39 is 35.2 Å². The van der Waals surface area contributed by atoms with Gasteiger partial charge in [0.1, 0.15) is 6.54 Å². The topological polar surface area (TPSA) is 139 Å². The second kappa shape index (κ2) is 6.86. The van der Waals surface area contributed by atoms with Gasteiger partial charge in [-0.15, -0.1) is 0 Å². The van der Waals surface area contributed by atoms with Gasteiger partial charge in [0.2, 0.25) is 5.91 Å². The number of nitro groups is 1. The Hall–Kier alpha value is -3.30. The standard InChI is InChI=1S/C21H22N4O6/c26-17(10-24-18(27)15-2-1-14(25(30)31)6-16(15)19(24)28)22-20(29)23-21-7-11-3-12(8-21)5-13(4-11)9-21/h1-2,6,11-13H,3-5,7-10H2,(H2,22,23,26,29). The molecule has 4 fully saturated rings. The molecule has 10 heteroatoms. The molecule has 4 saturated carbocycles. The van der Waals surface area contributed by atoms with E-state index in [-0.39, 0.29) is 22.4 Å². The number of rotatable bonds is 4. The number of non-ortho nitro benzene ring substituents is 1. The average molecular weight is 426 g/mol. The number of imide groups is 2. The monoisotopic (exact) mass is 426 g/mol. The lowest BCUT2D eigenvalue weighted by atomic mass is 9.53. The zero-order valence-corrected chi connectivity index (χ0v) is 16.8. The number of nitrogens with zero attached hydrogens (tertiary/aromatic N) is 2. The summed E-state index contributed by atoms with van der Waals surface area (Å²) >= 11 is 0. The Bertz CT molecular complexity index is 999. The Kier molecular flexibility index (Phi) is 4.35. The summed E-state index contributed by atoms with van der Waals surface area (Å²) in [5.41, 5.74) is -0.708. The van der Waals surface area contributed by atoms with Crippen LogP contribution in [0.2, 0.25) is 0 Å². The summed E-state index contributed by atoms with van der Waals surface area (Å²) in [6.45, 7) is -0.631. The predicted octanol–water partition coefficient (Wildman–Crippen LogP) is 1.99. The lowest BCUT2D eigenvalue weighted by Crippen LogP contribution is -2.62. The van der Waals surface area contributed by atoms with Crippen molar-refractivity contribution >= 4 is 29.4 Å². The molecule has 0 unspecified atom stereocenters. The molecule has 4 bridgehead atoms. The van der Waals surface area contributed by atoms with Crippen molar-refractivity contribution in [3.8, 4) is 0 Å². The fraction of sp³-hybridized carbons (Fsp3) is 0.524. The minimum atomic E-state index is -0.791. The van der Waals surface area contributed by atoms with E-state index in [0.29, 0.717) is 22.7 Å². The predicted molar refractivity (Wildman–Crippen MR) is 106 cm³/mol. The fourth-order valence-electron chi connectivity index (χ4n) is 6.38. The Labute approximate surface area is 177 Å². The fourth-order valence-corrected chi connectivity index (χ4v) is 6.38. The smallest absolute Gasteiger partial charge is 0.321 e. The van der Waals surface area contributed by atoms with Crippen LogP contribution in [0.15, 0.2) is 18.2 Å². The highest BCUT2D eigenvalue weighted by Gasteiger charge is 2.51. The van der Waals surface area contributed by atoms with Crippen LogP contribution in [0.5, 0.6) is 0 Å². The van der Waals surface area contributed by atoms with Gasteiger partial charge in [-0.25, -0.2) is 4.79 Å². The zero-order chi connectivity index (χ0) is 21.9. The molecule has 1 aromatic carbocycles. The van der Waals surface area contributed by atoms with Crippen LogP contribution >= 0.6 is 0 Å². The first kappa shape index (κ1) is 19.7. The van der Waals surface area contributed by atoms with E-state index in [4.69, 9.17) is 0 Å². The summed E-state index contributed by atoms with van der Waals surface area (Å²) in [7, 11) is 0. The molecule has 4 aliphatic carbocycles. The quantitative estimate of drug-likeness (QED) is 0.429. The van der Waals surface area contributed by atoms with Crippen molar-refractivity contribution < 1.29 is 24.1 Å². The van der Waals surface area contributed by atoms with Gasteiger partial charge in [0.05, 0.1) is 16.1 Å². The zero-order valence-electron chi connectivity index (χ0n) is 16.8. The van der Waals surface area contributed by atoms with E-state index in [1.165, 1.54) is 25.3 Å². The first-order chi connectivity index (χ1) is 14.7. The van der Waals surface area contributed by atoms with Gasteiger partial charge >= 0.3 is 6.03 Å². The molecule has 2 N–H and O–H groups in total. The maximum atomic E-state index is 12.5. The van der Waals surface area contributed by atoms with E-state index in [2.05, 4.69) is 10.6 Å². The molecule has 0 radical (unpaired) electrons. The van der Waals surface area contributed by atoms with E-state index in [9.17, 15) is 29.3 Å². The molecular weight excluding hydrogens is 404 g/mol. The van der Waals surface area contributed by atoms with E-state index in [1.807, 2.05) is 0 Å². The molecule has 1 aliphatic heterocycles. The van der Waals surface area contributed by atoms with Gasteiger partial charge in [-0.2, -0.15) is 0 Å². The van der Waals surface area contributed by atoms with Crippen LogP contribution in [0.3, 0.4) is 0 Å². The Morgan fingerprint density at radius 3 is 2.19 bits per heavy atom. The number of benzene rings is 1. The van der Waals surface area contributed by atoms with E-state index >= 15 is 0 Å². The molecule has 1 heterocycles. The summed E-state index contributed by atoms with van der Waals surface area (Å²) in [4.78, 5) is 60.8. The largest absolute Gasteiger partial charge is 0.332 e. The van der Waals surface area contributed by atoms with E-state index in [1.54, 1.807) is 0 Å². The summed E-state index contributed by atoms with van der Waals surface area (Å²) in [5, 5.41) is 16.2. The molecule has 5 aliphatic rings. The molecule has 0 saturated heterocycles. The molecule has 5 amide bonds. The number of carbonyl (C=O) groups is 4. The van der Waals surface area contributed by atoms with Crippen molar-refractivity contribution in [1.82, 2.24) is 15.5 Å². The third-order valence-corrected chi connectivity index (χ3v) is 7.14. The maximum absolute atomic E-state index is 12.5. The number of urea groups is 1. The number of carbonyl (C=O) groups excluding carboxylic acids is 4. The van der Waals surface area contributed by atoms with Crippen LogP contribution in [-0.2, 0) is 4.79 Å². The highest BCUT2D eigenvalue weighted by molar-refractivity contribution is 6.22. The van der Waals surface area contributed by atoms with Gasteiger partial charge in [0.15, 0.2) is 0 Å². The van der Waals surface area contributed by atoms with Crippen molar-refractivity contribution in [2.45, 2.75) is 44.1 Å². The number of fused-ring (bicyclic) bond motifs is 1. The lowest BCUT2D eigenvalue weighted by Gasteiger charge is -2.56. The van der Waals surface area contributed by atoms with Gasteiger partial charge in [-0.1, -0.05) is 0 Å². The average Bonchev–Trinajstić information content (AvgIpc) is 2.90. The second-order valence-corrected chi connectivity index (χ2v) is 9.38. The highest BCUT2D eigenvalue weighted by Crippen LogP contribution is 2.55. The van der Waals surface area contributed by atoms with Gasteiger partial charge < -0.3 is 5.32 Å². The number of hydrogen-bond acceptors (Lipinski definition) is 6. The summed E-state index contributed by atoms with van der Waals surface area (Å²) in [6.07, 6.45) is 6.45. The van der Waals surface area contributed by atoms with Crippen LogP contribution < -0.4 is 10.6 Å². The third-order valence-electron chi connectivity index (χ3n) is 7.14. The van der Waals surface area contributed by atoms with Crippen molar-refractivity contribution in [3.63, 3.8) is 0 Å². The van der Waals surface area contributed by atoms with Crippen LogP contribution in [0, 0.1) is 27.9 Å². The van der Waals surface area contributed by atoms with Gasteiger partial charge in [0, 0.05) is 17.7 Å². The highest BCUT2D eigenvalue weighted by atomic mass is 16.6. The van der Waals surface area contributed by atoms with Gasteiger partial charge in [0.25, 0.3) is 17.5 Å². The van der Waals surface area contributed by atoms with Crippen molar-refractivity contribution in [2.75, 3.05) is 6.54 Å². The molecule has 162 valence electrons. The van der Waals surface area contributed by atoms with Crippen molar-refractivity contribution in [1.29, 1.82) is 0 Å². The van der Waals surface area contributed by atoms with Crippen LogP contribution in [0.1, 0.15) is 59.2 Å². The van der Waals surface area contributed by atoms with Crippen molar-refractivity contribution in [3.05, 3.63) is 39.4 Å². The molecule has 0 spiro atoms. The first-order valence-corrected chi connectivity index (χ1v) is 10.5. The summed E-state index contributed by atoms with van der Waals surface area (Å²) < 4.78 is 0. The summed E-state index contributed by atoms with van der Waals surface area (Å²) in [6, 6.07) is 2.74. The first-order valence-electron chi connectivity index (χ1n) is 10.5. The number of amides is 5. The number of nitrogens with one attached hydrogen (secondary N) is 2. The van der Waals surface area contributed by atoms with Gasteiger partial charge in [-0.05, 0) is 62.3 Å². The Balaban J connectivity index is 1.22.